The molecule has 0 unspecified atom stereocenters. The van der Waals surface area contributed by atoms with E-state index in [0.29, 0.717) is 6.04 Å². The lowest BCUT2D eigenvalue weighted by molar-refractivity contribution is 0.219. The molecule has 2 saturated heterocycles. The summed E-state index contributed by atoms with van der Waals surface area (Å²) in [6, 6.07) is 10.6. The molecule has 0 bridgehead atoms. The van der Waals surface area contributed by atoms with Crippen LogP contribution in [0.4, 0.5) is 10.5 Å². The van der Waals surface area contributed by atoms with Gasteiger partial charge < -0.3 is 4.90 Å². The van der Waals surface area contributed by atoms with Gasteiger partial charge in [0.1, 0.15) is 0 Å². The molecule has 15 heavy (non-hydrogen) atoms. The van der Waals surface area contributed by atoms with Crippen molar-refractivity contribution >= 4 is 11.7 Å². The summed E-state index contributed by atoms with van der Waals surface area (Å²) >= 11 is 0. The minimum atomic E-state index is 0.184. The molecule has 2 fully saturated rings. The Balaban J connectivity index is 1.88. The summed E-state index contributed by atoms with van der Waals surface area (Å²) in [5.41, 5.74) is 1.02. The van der Waals surface area contributed by atoms with E-state index in [-0.39, 0.29) is 6.03 Å². The van der Waals surface area contributed by atoms with Gasteiger partial charge in [0, 0.05) is 18.8 Å². The van der Waals surface area contributed by atoms with E-state index in [4.69, 9.17) is 0 Å². The van der Waals surface area contributed by atoms with Gasteiger partial charge in [0.25, 0.3) is 0 Å². The molecule has 0 N–H and O–H groups in total. The average Bonchev–Trinajstić information content (AvgIpc) is 2.83. The number of amides is 2. The molecule has 2 aliphatic rings. The van der Waals surface area contributed by atoms with Crippen LogP contribution in [0.1, 0.15) is 12.8 Å². The van der Waals surface area contributed by atoms with Gasteiger partial charge in [0.05, 0.1) is 6.04 Å². The highest BCUT2D eigenvalue weighted by molar-refractivity contribution is 5.94. The number of para-hydroxylation sites is 1. The lowest BCUT2D eigenvalue weighted by atomic mass is 10.2. The smallest absolute Gasteiger partial charge is 0.320 e. The number of hydrogen-bond donors (Lipinski definition) is 0. The molecule has 0 aromatic heterocycles. The summed E-state index contributed by atoms with van der Waals surface area (Å²) in [6.45, 7) is 1.80. The zero-order valence-corrected chi connectivity index (χ0v) is 8.60. The van der Waals surface area contributed by atoms with Crippen LogP contribution in [0.3, 0.4) is 0 Å². The third-order valence-electron chi connectivity index (χ3n) is 3.31. The third-order valence-corrected chi connectivity index (χ3v) is 3.31. The number of benzene rings is 1. The van der Waals surface area contributed by atoms with E-state index in [9.17, 15) is 4.79 Å². The molecule has 1 aromatic carbocycles. The summed E-state index contributed by atoms with van der Waals surface area (Å²) in [5.74, 6) is 0. The average molecular weight is 202 g/mol. The molecule has 1 aromatic rings. The number of fused-ring (bicyclic) bond motifs is 1. The number of carbonyl (C=O) groups excluding carboxylic acids is 1. The molecule has 0 spiro atoms. The molecule has 0 radical (unpaired) electrons. The van der Waals surface area contributed by atoms with Crippen molar-refractivity contribution in [3.63, 3.8) is 0 Å². The van der Waals surface area contributed by atoms with Gasteiger partial charge in [-0.2, -0.15) is 0 Å². The fraction of sp³-hybridized carbons (Fsp3) is 0.417. The summed E-state index contributed by atoms with van der Waals surface area (Å²) < 4.78 is 0. The topological polar surface area (TPSA) is 23.6 Å². The van der Waals surface area contributed by atoms with Crippen molar-refractivity contribution in [2.45, 2.75) is 18.9 Å². The molecular weight excluding hydrogens is 188 g/mol. The summed E-state index contributed by atoms with van der Waals surface area (Å²) in [4.78, 5) is 15.9. The van der Waals surface area contributed by atoms with Crippen molar-refractivity contribution in [1.82, 2.24) is 4.90 Å². The molecule has 2 heterocycles. The van der Waals surface area contributed by atoms with Gasteiger partial charge in [0.2, 0.25) is 0 Å². The van der Waals surface area contributed by atoms with Crippen molar-refractivity contribution in [1.29, 1.82) is 0 Å². The minimum absolute atomic E-state index is 0.184. The standard InChI is InChI=1S/C12H14N2O/c15-12-13-8-4-7-11(13)9-14(12)10-5-2-1-3-6-10/h1-3,5-6,11H,4,7-9H2/t11-/m0/s1. The van der Waals surface area contributed by atoms with Gasteiger partial charge in [-0.05, 0) is 25.0 Å². The van der Waals surface area contributed by atoms with Gasteiger partial charge in [-0.25, -0.2) is 4.79 Å². The molecule has 3 rings (SSSR count). The van der Waals surface area contributed by atoms with Crippen LogP contribution in [-0.4, -0.2) is 30.1 Å². The first-order chi connectivity index (χ1) is 7.36. The predicted molar refractivity (Wildman–Crippen MR) is 58.9 cm³/mol. The van der Waals surface area contributed by atoms with Crippen LogP contribution in [0.2, 0.25) is 0 Å². The number of carbonyl (C=O) groups is 1. The summed E-state index contributed by atoms with van der Waals surface area (Å²) in [6.07, 6.45) is 2.33. The number of nitrogens with zero attached hydrogens (tertiary/aromatic N) is 2. The van der Waals surface area contributed by atoms with Crippen LogP contribution in [-0.2, 0) is 0 Å². The maximum Gasteiger partial charge on any atom is 0.324 e. The van der Waals surface area contributed by atoms with Gasteiger partial charge in [-0.15, -0.1) is 0 Å². The van der Waals surface area contributed by atoms with Crippen LogP contribution in [0.15, 0.2) is 30.3 Å². The number of urea groups is 1. The van der Waals surface area contributed by atoms with Crippen molar-refractivity contribution in [3.05, 3.63) is 30.3 Å². The van der Waals surface area contributed by atoms with E-state index in [0.717, 1.165) is 25.2 Å². The molecule has 78 valence electrons. The highest BCUT2D eigenvalue weighted by atomic mass is 16.2. The largest absolute Gasteiger partial charge is 0.324 e. The van der Waals surface area contributed by atoms with E-state index >= 15 is 0 Å². The number of anilines is 1. The maximum absolute atomic E-state index is 12.0. The fourth-order valence-electron chi connectivity index (χ4n) is 2.55. The van der Waals surface area contributed by atoms with Gasteiger partial charge in [0.15, 0.2) is 0 Å². The van der Waals surface area contributed by atoms with E-state index < -0.39 is 0 Å². The molecule has 1 atom stereocenters. The zero-order chi connectivity index (χ0) is 10.3. The van der Waals surface area contributed by atoms with Crippen LogP contribution in [0.25, 0.3) is 0 Å². The maximum atomic E-state index is 12.0. The molecular formula is C12H14N2O. The third kappa shape index (κ3) is 1.30. The molecule has 3 heteroatoms. The van der Waals surface area contributed by atoms with Crippen LogP contribution in [0.5, 0.6) is 0 Å². The Bertz CT molecular complexity index is 376. The molecule has 3 nitrogen and oxygen atoms in total. The van der Waals surface area contributed by atoms with Crippen molar-refractivity contribution in [3.8, 4) is 0 Å². The molecule has 0 aliphatic carbocycles. The van der Waals surface area contributed by atoms with Gasteiger partial charge >= 0.3 is 6.03 Å². The van der Waals surface area contributed by atoms with E-state index in [1.807, 2.05) is 40.1 Å². The highest BCUT2D eigenvalue weighted by Crippen LogP contribution is 2.29. The summed E-state index contributed by atoms with van der Waals surface area (Å²) in [7, 11) is 0. The summed E-state index contributed by atoms with van der Waals surface area (Å²) in [5, 5.41) is 0. The number of rotatable bonds is 1. The zero-order valence-electron chi connectivity index (χ0n) is 8.60. The second kappa shape index (κ2) is 3.26. The van der Waals surface area contributed by atoms with Crippen molar-refractivity contribution in [2.75, 3.05) is 18.0 Å². The predicted octanol–water partition coefficient (Wildman–Crippen LogP) is 2.09. The lowest BCUT2D eigenvalue weighted by Gasteiger charge is -2.16. The normalized spacial score (nSPS) is 24.8. The monoisotopic (exact) mass is 202 g/mol. The first-order valence-electron chi connectivity index (χ1n) is 5.49. The minimum Gasteiger partial charge on any atom is -0.320 e. The second-order valence-electron chi connectivity index (χ2n) is 4.22. The molecule has 0 saturated carbocycles. The second-order valence-corrected chi connectivity index (χ2v) is 4.22. The first-order valence-corrected chi connectivity index (χ1v) is 5.49. The van der Waals surface area contributed by atoms with Crippen molar-refractivity contribution in [2.24, 2.45) is 0 Å². The van der Waals surface area contributed by atoms with E-state index in [2.05, 4.69) is 0 Å². The van der Waals surface area contributed by atoms with Crippen molar-refractivity contribution < 1.29 is 4.79 Å². The highest BCUT2D eigenvalue weighted by Gasteiger charge is 2.40. The van der Waals surface area contributed by atoms with Crippen LogP contribution in [0, 0.1) is 0 Å². The Labute approximate surface area is 89.3 Å². The number of hydrogen-bond acceptors (Lipinski definition) is 1. The van der Waals surface area contributed by atoms with E-state index in [1.165, 1.54) is 6.42 Å². The Morgan fingerprint density at radius 3 is 2.73 bits per heavy atom. The Kier molecular flexibility index (Phi) is 1.91. The molecule has 2 aliphatic heterocycles. The van der Waals surface area contributed by atoms with Crippen LogP contribution < -0.4 is 4.90 Å². The quantitative estimate of drug-likeness (QED) is 0.684. The Hall–Kier alpha value is -1.51. The van der Waals surface area contributed by atoms with Crippen LogP contribution >= 0.6 is 0 Å². The fourth-order valence-corrected chi connectivity index (χ4v) is 2.55. The lowest BCUT2D eigenvalue weighted by Crippen LogP contribution is -2.31. The Morgan fingerprint density at radius 2 is 2.00 bits per heavy atom. The Morgan fingerprint density at radius 1 is 1.20 bits per heavy atom. The van der Waals surface area contributed by atoms with Gasteiger partial charge in [-0.3, -0.25) is 4.90 Å². The first kappa shape index (κ1) is 8.77. The van der Waals surface area contributed by atoms with E-state index in [1.54, 1.807) is 0 Å². The SMILES string of the molecule is O=C1N(c2ccccc2)C[C@@H]2CCCN12. The molecule has 2 amide bonds. The van der Waals surface area contributed by atoms with Gasteiger partial charge in [-0.1, -0.05) is 18.2 Å².